The number of phenolic OH excluding ortho intramolecular Hbond substituents is 1. The minimum absolute atomic E-state index is 0.0465. The van der Waals surface area contributed by atoms with Gasteiger partial charge in [-0.05, 0) is 104 Å². The number of hydrogen-bond acceptors (Lipinski definition) is 6. The molecule has 48 heavy (non-hydrogen) atoms. The Kier molecular flexibility index (Phi) is 8.75. The maximum absolute atomic E-state index is 13.9. The number of carbonyl (C=O) groups is 2. The van der Waals surface area contributed by atoms with Crippen molar-refractivity contribution in [2.45, 2.75) is 51.0 Å². The van der Waals surface area contributed by atoms with Crippen molar-refractivity contribution in [3.8, 4) is 5.75 Å². The summed E-state index contributed by atoms with van der Waals surface area (Å²) in [5.74, 6) is -4.61. The Labute approximate surface area is 271 Å². The van der Waals surface area contributed by atoms with Crippen LogP contribution in [0.2, 0.25) is 6.32 Å². The Morgan fingerprint density at radius 3 is 2.31 bits per heavy atom. The number of anilines is 1. The quantitative estimate of drug-likeness (QED) is 0.125. The van der Waals surface area contributed by atoms with Crippen LogP contribution in [0.5, 0.6) is 5.75 Å². The fraction of sp³-hybridized carbons (Fsp3) is 0.324. The lowest BCUT2D eigenvalue weighted by Gasteiger charge is -2.42. The van der Waals surface area contributed by atoms with Crippen LogP contribution in [0.4, 0.5) is 32.0 Å². The molecule has 4 atom stereocenters. The predicted octanol–water partition coefficient (Wildman–Crippen LogP) is 7.17. The number of pyridine rings is 1. The number of alkyl halides is 6. The smallest absolute Gasteiger partial charge is 0.455 e. The number of nitrogens with zero attached hydrogens (tertiary/aromatic N) is 2. The first kappa shape index (κ1) is 33.5. The lowest BCUT2D eigenvalue weighted by atomic mass is 9.58. The standard InChI is InChI=1S/C34H29BF6N2O5/c1-18-11-25-30(32(46)43(31(25)45)23-15-21(33(36,37)38)14-22(16-23)34(39,40)41)26-17-35(47)48-28(29(18)26)9-8-20(27-7-2-3-10-42-27)12-19-5-4-6-24(44)13-19/h2-7,10,12-16,25-26,28,30,44,47H,8-9,11,17H2,1H3/b20-12-/t25-,26+,28-,30-/m1/s1. The van der Waals surface area contributed by atoms with E-state index in [9.17, 15) is 46.1 Å². The van der Waals surface area contributed by atoms with E-state index in [0.717, 1.165) is 5.57 Å². The van der Waals surface area contributed by atoms with Gasteiger partial charge in [0.25, 0.3) is 0 Å². The van der Waals surface area contributed by atoms with Crippen LogP contribution in [0.15, 0.2) is 78.0 Å². The van der Waals surface area contributed by atoms with Crippen LogP contribution in [0.25, 0.3) is 11.6 Å². The van der Waals surface area contributed by atoms with Gasteiger partial charge < -0.3 is 14.8 Å². The number of aromatic hydroxyl groups is 1. The molecule has 0 unspecified atom stereocenters. The van der Waals surface area contributed by atoms with Gasteiger partial charge in [-0.15, -0.1) is 0 Å². The summed E-state index contributed by atoms with van der Waals surface area (Å²) in [6, 6.07) is 12.7. The molecule has 7 nitrogen and oxygen atoms in total. The number of phenols is 1. The number of benzene rings is 2. The fourth-order valence-electron chi connectivity index (χ4n) is 7.17. The summed E-state index contributed by atoms with van der Waals surface area (Å²) >= 11 is 0. The molecule has 1 aromatic heterocycles. The largest absolute Gasteiger partial charge is 0.508 e. The van der Waals surface area contributed by atoms with Crippen LogP contribution in [0.1, 0.15) is 48.6 Å². The van der Waals surface area contributed by atoms with Gasteiger partial charge in [-0.25, -0.2) is 4.90 Å². The van der Waals surface area contributed by atoms with E-state index in [1.165, 1.54) is 0 Å². The summed E-state index contributed by atoms with van der Waals surface area (Å²) in [6.07, 6.45) is -6.89. The number of hydrogen-bond donors (Lipinski definition) is 2. The first-order valence-corrected chi connectivity index (χ1v) is 15.2. The van der Waals surface area contributed by atoms with Crippen molar-refractivity contribution in [2.75, 3.05) is 4.90 Å². The molecule has 0 saturated carbocycles. The molecule has 0 bridgehead atoms. The molecule has 3 heterocycles. The monoisotopic (exact) mass is 670 g/mol. The van der Waals surface area contributed by atoms with Crippen LogP contribution in [0, 0.1) is 17.8 Å². The van der Waals surface area contributed by atoms with E-state index < -0.39 is 72.0 Å². The zero-order valence-electron chi connectivity index (χ0n) is 25.4. The summed E-state index contributed by atoms with van der Waals surface area (Å²) in [7, 11) is -1.34. The third-order valence-corrected chi connectivity index (χ3v) is 9.16. The summed E-state index contributed by atoms with van der Waals surface area (Å²) in [5, 5.41) is 20.8. The fourth-order valence-corrected chi connectivity index (χ4v) is 7.17. The number of allylic oxidation sites excluding steroid dienone is 2. The van der Waals surface area contributed by atoms with Crippen LogP contribution in [-0.4, -0.2) is 40.2 Å². The van der Waals surface area contributed by atoms with Crippen molar-refractivity contribution in [3.05, 3.63) is 100 Å². The minimum atomic E-state index is -5.17. The molecule has 0 radical (unpaired) electrons. The van der Waals surface area contributed by atoms with Gasteiger partial charge >= 0.3 is 19.5 Å². The molecular formula is C34H29BF6N2O5. The van der Waals surface area contributed by atoms with Gasteiger partial charge in [0.15, 0.2) is 0 Å². The molecule has 2 fully saturated rings. The van der Waals surface area contributed by atoms with Crippen LogP contribution in [-0.2, 0) is 26.6 Å². The normalized spacial score (nSPS) is 23.5. The zero-order chi connectivity index (χ0) is 34.5. The van der Waals surface area contributed by atoms with Gasteiger partial charge in [0.2, 0.25) is 11.8 Å². The maximum Gasteiger partial charge on any atom is 0.455 e. The molecule has 2 aliphatic heterocycles. The average Bonchev–Trinajstić information content (AvgIpc) is 3.27. The van der Waals surface area contributed by atoms with E-state index in [4.69, 9.17) is 4.65 Å². The van der Waals surface area contributed by atoms with Gasteiger partial charge in [0, 0.05) is 6.20 Å². The molecular weight excluding hydrogens is 641 g/mol. The van der Waals surface area contributed by atoms with Gasteiger partial charge in [-0.1, -0.05) is 23.8 Å². The number of amides is 2. The van der Waals surface area contributed by atoms with Crippen molar-refractivity contribution in [1.82, 2.24) is 4.98 Å². The number of aromatic nitrogens is 1. The lowest BCUT2D eigenvalue weighted by Crippen LogP contribution is -2.46. The Morgan fingerprint density at radius 2 is 1.69 bits per heavy atom. The summed E-state index contributed by atoms with van der Waals surface area (Å²) < 4.78 is 87.7. The van der Waals surface area contributed by atoms with Gasteiger partial charge in [-0.3, -0.25) is 14.6 Å². The van der Waals surface area contributed by atoms with Gasteiger partial charge in [-0.2, -0.15) is 26.3 Å². The van der Waals surface area contributed by atoms with Crippen LogP contribution < -0.4 is 4.90 Å². The molecule has 250 valence electrons. The van der Waals surface area contributed by atoms with E-state index in [1.54, 1.807) is 37.4 Å². The van der Waals surface area contributed by atoms with Crippen LogP contribution in [0.3, 0.4) is 0 Å². The van der Waals surface area contributed by atoms with Crippen LogP contribution >= 0.6 is 0 Å². The second-order valence-electron chi connectivity index (χ2n) is 12.3. The molecule has 1 aliphatic carbocycles. The first-order chi connectivity index (χ1) is 22.6. The Bertz CT molecular complexity index is 1780. The van der Waals surface area contributed by atoms with Crippen molar-refractivity contribution in [2.24, 2.45) is 17.8 Å². The molecule has 6 rings (SSSR count). The lowest BCUT2D eigenvalue weighted by molar-refractivity contribution is -0.143. The maximum atomic E-state index is 13.9. The SMILES string of the molecule is CC1=C2[C@@H](CC/C(=C/c3cccc(O)c3)c3ccccn3)OB(O)C[C@@H]2[C@@H]2C(=O)N(c3cc(C(F)(F)F)cc(C(F)(F)F)c3)C(=O)[C@@H]2C1. The van der Waals surface area contributed by atoms with E-state index >= 15 is 0 Å². The second kappa shape index (κ2) is 12.6. The van der Waals surface area contributed by atoms with E-state index in [2.05, 4.69) is 4.98 Å². The highest BCUT2D eigenvalue weighted by Crippen LogP contribution is 2.52. The Hall–Kier alpha value is -4.43. The molecule has 2 amide bonds. The van der Waals surface area contributed by atoms with E-state index in [1.807, 2.05) is 24.3 Å². The molecule has 2 saturated heterocycles. The molecule has 0 spiro atoms. The summed E-state index contributed by atoms with van der Waals surface area (Å²) in [4.78, 5) is 32.4. The summed E-state index contributed by atoms with van der Waals surface area (Å²) in [6.45, 7) is 1.75. The molecule has 2 N–H and O–H groups in total. The Morgan fingerprint density at radius 1 is 0.979 bits per heavy atom. The number of rotatable bonds is 6. The number of fused-ring (bicyclic) bond motifs is 3. The Balaban J connectivity index is 1.32. The highest BCUT2D eigenvalue weighted by molar-refractivity contribution is 6.43. The summed E-state index contributed by atoms with van der Waals surface area (Å²) in [5.41, 5.74) is -0.524. The third kappa shape index (κ3) is 6.51. The third-order valence-electron chi connectivity index (χ3n) is 9.16. The highest BCUT2D eigenvalue weighted by Gasteiger charge is 2.57. The number of halogens is 6. The molecule has 2 aromatic carbocycles. The van der Waals surface area contributed by atoms with E-state index in [0.29, 0.717) is 52.3 Å². The molecule has 14 heteroatoms. The van der Waals surface area contributed by atoms with Gasteiger partial charge in [0.1, 0.15) is 5.75 Å². The zero-order valence-corrected chi connectivity index (χ0v) is 25.4. The predicted molar refractivity (Wildman–Crippen MR) is 164 cm³/mol. The first-order valence-electron chi connectivity index (χ1n) is 15.2. The number of imide groups is 1. The van der Waals surface area contributed by atoms with Crippen molar-refractivity contribution >= 4 is 36.3 Å². The van der Waals surface area contributed by atoms with Crippen molar-refractivity contribution in [1.29, 1.82) is 0 Å². The van der Waals surface area contributed by atoms with Crippen molar-refractivity contribution in [3.63, 3.8) is 0 Å². The minimum Gasteiger partial charge on any atom is -0.508 e. The highest BCUT2D eigenvalue weighted by atomic mass is 19.4. The topological polar surface area (TPSA) is 100.0 Å². The van der Waals surface area contributed by atoms with Crippen molar-refractivity contribution < 1.29 is 50.7 Å². The number of carbonyl (C=O) groups excluding carboxylic acids is 2. The van der Waals surface area contributed by atoms with Gasteiger partial charge in [0.05, 0.1) is 40.4 Å². The van der Waals surface area contributed by atoms with E-state index in [-0.39, 0.29) is 24.6 Å². The average molecular weight is 670 g/mol. The molecule has 3 aliphatic rings. The second-order valence-corrected chi connectivity index (χ2v) is 12.3. The molecule has 3 aromatic rings.